The van der Waals surface area contributed by atoms with Crippen LogP contribution in [0.4, 0.5) is 0 Å². The number of carboxylic acids is 1. The second-order valence-corrected chi connectivity index (χ2v) is 10.5. The van der Waals surface area contributed by atoms with Crippen molar-refractivity contribution in [1.29, 1.82) is 0 Å². The Morgan fingerprint density at radius 2 is 1.62 bits per heavy atom. The van der Waals surface area contributed by atoms with Crippen molar-refractivity contribution in [3.63, 3.8) is 0 Å². The van der Waals surface area contributed by atoms with E-state index in [1.54, 1.807) is 36.4 Å². The van der Waals surface area contributed by atoms with Crippen molar-refractivity contribution in [1.82, 2.24) is 0 Å². The normalized spacial score (nSPS) is 34.9. The fourth-order valence-electron chi connectivity index (χ4n) is 7.57. The molecule has 0 radical (unpaired) electrons. The van der Waals surface area contributed by atoms with Gasteiger partial charge in [0.1, 0.15) is 17.2 Å². The lowest BCUT2D eigenvalue weighted by Gasteiger charge is -2.65. The Hall–Kier alpha value is -2.49. The van der Waals surface area contributed by atoms with Crippen LogP contribution in [0.2, 0.25) is 0 Å². The zero-order chi connectivity index (χ0) is 20.4. The maximum atomic E-state index is 11.1. The molecule has 0 aliphatic heterocycles. The SMILES string of the molecule is CC12CC3CC(C)(C1)CC(c1ccc(O)cc1Oc1ccc(C(=O)O)cc1)(C3)C2. The van der Waals surface area contributed by atoms with Crippen molar-refractivity contribution in [2.24, 2.45) is 16.7 Å². The number of phenolic OH excluding ortho intramolecular Hbond substituents is 1. The second kappa shape index (κ2) is 6.01. The third kappa shape index (κ3) is 3.09. The highest BCUT2D eigenvalue weighted by Gasteiger charge is 2.61. The molecule has 4 nitrogen and oxygen atoms in total. The van der Waals surface area contributed by atoms with Gasteiger partial charge in [-0.15, -0.1) is 0 Å². The molecule has 29 heavy (non-hydrogen) atoms. The largest absolute Gasteiger partial charge is 0.508 e. The number of hydrogen-bond acceptors (Lipinski definition) is 3. The molecule has 4 aliphatic rings. The molecule has 2 unspecified atom stereocenters. The van der Waals surface area contributed by atoms with E-state index in [1.807, 2.05) is 0 Å². The van der Waals surface area contributed by atoms with E-state index in [4.69, 9.17) is 9.84 Å². The number of carbonyl (C=O) groups is 1. The number of benzene rings is 2. The molecule has 2 aromatic rings. The van der Waals surface area contributed by atoms with E-state index in [1.165, 1.54) is 44.1 Å². The van der Waals surface area contributed by atoms with Gasteiger partial charge in [0.15, 0.2) is 0 Å². The molecule has 2 N–H and O–H groups in total. The lowest BCUT2D eigenvalue weighted by Crippen LogP contribution is -2.56. The highest BCUT2D eigenvalue weighted by molar-refractivity contribution is 5.87. The van der Waals surface area contributed by atoms with Gasteiger partial charge in [0.25, 0.3) is 0 Å². The smallest absolute Gasteiger partial charge is 0.335 e. The van der Waals surface area contributed by atoms with Crippen molar-refractivity contribution < 1.29 is 19.7 Å². The van der Waals surface area contributed by atoms with E-state index >= 15 is 0 Å². The monoisotopic (exact) mass is 392 g/mol. The van der Waals surface area contributed by atoms with Gasteiger partial charge >= 0.3 is 5.97 Å². The molecule has 2 atom stereocenters. The van der Waals surface area contributed by atoms with Gasteiger partial charge in [-0.2, -0.15) is 0 Å². The number of hydrogen-bond donors (Lipinski definition) is 2. The van der Waals surface area contributed by atoms with Crippen molar-refractivity contribution in [3.05, 3.63) is 53.6 Å². The molecule has 0 spiro atoms. The lowest BCUT2D eigenvalue weighted by atomic mass is 9.39. The summed E-state index contributed by atoms with van der Waals surface area (Å²) in [5.74, 6) is 1.28. The Morgan fingerprint density at radius 1 is 0.966 bits per heavy atom. The third-order valence-electron chi connectivity index (χ3n) is 7.49. The minimum Gasteiger partial charge on any atom is -0.508 e. The van der Waals surface area contributed by atoms with Crippen LogP contribution in [0, 0.1) is 16.7 Å². The summed E-state index contributed by atoms with van der Waals surface area (Å²) >= 11 is 0. The number of ether oxygens (including phenoxy) is 1. The van der Waals surface area contributed by atoms with E-state index in [0.717, 1.165) is 5.92 Å². The van der Waals surface area contributed by atoms with Crippen LogP contribution in [-0.2, 0) is 5.41 Å². The zero-order valence-corrected chi connectivity index (χ0v) is 17.1. The minimum absolute atomic E-state index is 0.0902. The number of carboxylic acid groups (broad SMARTS) is 1. The Kier molecular flexibility index (Phi) is 3.84. The van der Waals surface area contributed by atoms with Crippen LogP contribution in [0.3, 0.4) is 0 Å². The molecular formula is C25H28O4. The topological polar surface area (TPSA) is 66.8 Å². The van der Waals surface area contributed by atoms with Crippen LogP contribution < -0.4 is 4.74 Å². The van der Waals surface area contributed by atoms with Gasteiger partial charge in [-0.3, -0.25) is 0 Å². The maximum absolute atomic E-state index is 11.1. The summed E-state index contributed by atoms with van der Waals surface area (Å²) in [6.07, 6.45) is 7.50. The van der Waals surface area contributed by atoms with Crippen LogP contribution in [0.5, 0.6) is 17.2 Å². The highest BCUT2D eigenvalue weighted by Crippen LogP contribution is 2.70. The molecular weight excluding hydrogens is 364 g/mol. The van der Waals surface area contributed by atoms with Crippen molar-refractivity contribution in [2.45, 2.75) is 57.8 Å². The van der Waals surface area contributed by atoms with Crippen molar-refractivity contribution in [3.8, 4) is 17.2 Å². The molecule has 4 heteroatoms. The molecule has 2 aromatic carbocycles. The number of aromatic hydroxyl groups is 1. The summed E-state index contributed by atoms with van der Waals surface area (Å²) < 4.78 is 6.23. The predicted octanol–water partition coefficient (Wildman–Crippen LogP) is 6.13. The Labute approximate surface area is 171 Å². The first-order valence-electron chi connectivity index (χ1n) is 10.5. The van der Waals surface area contributed by atoms with Crippen LogP contribution in [0.25, 0.3) is 0 Å². The first-order chi connectivity index (χ1) is 13.7. The molecule has 152 valence electrons. The summed E-state index contributed by atoms with van der Waals surface area (Å²) in [7, 11) is 0. The molecule has 4 fully saturated rings. The van der Waals surface area contributed by atoms with Gasteiger partial charge < -0.3 is 14.9 Å². The maximum Gasteiger partial charge on any atom is 0.335 e. The fraction of sp³-hybridized carbons (Fsp3) is 0.480. The van der Waals surface area contributed by atoms with E-state index in [-0.39, 0.29) is 16.7 Å². The van der Waals surface area contributed by atoms with Gasteiger partial charge in [0.05, 0.1) is 5.56 Å². The van der Waals surface area contributed by atoms with Crippen LogP contribution in [0.1, 0.15) is 68.3 Å². The predicted molar refractivity (Wildman–Crippen MR) is 111 cm³/mol. The van der Waals surface area contributed by atoms with Gasteiger partial charge in [0, 0.05) is 17.0 Å². The van der Waals surface area contributed by atoms with Crippen LogP contribution in [-0.4, -0.2) is 16.2 Å². The number of aromatic carboxylic acids is 1. The average molecular weight is 392 g/mol. The van der Waals surface area contributed by atoms with Crippen LogP contribution in [0.15, 0.2) is 42.5 Å². The summed E-state index contributed by atoms with van der Waals surface area (Å²) in [6, 6.07) is 12.0. The lowest BCUT2D eigenvalue weighted by molar-refractivity contribution is -0.110. The van der Waals surface area contributed by atoms with Gasteiger partial charge in [-0.25, -0.2) is 4.79 Å². The standard InChI is InChI=1S/C25H28O4/c1-23-10-16-11-24(2,13-23)15-25(12-16,14-23)20-8-5-18(26)9-21(20)29-19-6-3-17(4-7-19)22(27)28/h3-9,16,26H,10-15H2,1-2H3,(H,27,28). The summed E-state index contributed by atoms with van der Waals surface area (Å²) in [6.45, 7) is 4.91. The summed E-state index contributed by atoms with van der Waals surface area (Å²) in [4.78, 5) is 11.1. The Bertz CT molecular complexity index is 959. The Balaban J connectivity index is 1.54. The average Bonchev–Trinajstić information content (AvgIpc) is 2.59. The van der Waals surface area contributed by atoms with E-state index in [9.17, 15) is 9.90 Å². The van der Waals surface area contributed by atoms with Crippen LogP contribution >= 0.6 is 0 Å². The molecule has 0 amide bonds. The molecule has 0 heterocycles. The third-order valence-corrected chi connectivity index (χ3v) is 7.49. The van der Waals surface area contributed by atoms with E-state index in [0.29, 0.717) is 22.3 Å². The molecule has 4 bridgehead atoms. The zero-order valence-electron chi connectivity index (χ0n) is 17.1. The summed E-state index contributed by atoms with van der Waals surface area (Å²) in [5, 5.41) is 19.3. The first kappa shape index (κ1) is 18.5. The van der Waals surface area contributed by atoms with Gasteiger partial charge in [-0.05, 0) is 85.6 Å². The first-order valence-corrected chi connectivity index (χ1v) is 10.5. The molecule has 4 saturated carbocycles. The molecule has 4 aliphatic carbocycles. The number of rotatable bonds is 4. The van der Waals surface area contributed by atoms with Gasteiger partial charge in [0.2, 0.25) is 0 Å². The molecule has 6 rings (SSSR count). The molecule has 0 saturated heterocycles. The second-order valence-electron chi connectivity index (χ2n) is 10.5. The number of phenols is 1. The van der Waals surface area contributed by atoms with Crippen molar-refractivity contribution >= 4 is 5.97 Å². The van der Waals surface area contributed by atoms with E-state index in [2.05, 4.69) is 19.9 Å². The fourth-order valence-corrected chi connectivity index (χ4v) is 7.57. The molecule has 0 aromatic heterocycles. The minimum atomic E-state index is -0.954. The van der Waals surface area contributed by atoms with Crippen molar-refractivity contribution in [2.75, 3.05) is 0 Å². The summed E-state index contributed by atoms with van der Waals surface area (Å²) in [5.41, 5.74) is 2.28. The van der Waals surface area contributed by atoms with Gasteiger partial charge in [-0.1, -0.05) is 19.9 Å². The quantitative estimate of drug-likeness (QED) is 0.657. The Morgan fingerprint density at radius 3 is 2.21 bits per heavy atom. The highest BCUT2D eigenvalue weighted by atomic mass is 16.5. The van der Waals surface area contributed by atoms with E-state index < -0.39 is 5.97 Å².